The van der Waals surface area contributed by atoms with E-state index in [-0.39, 0.29) is 26.9 Å². The minimum absolute atomic E-state index is 0.0153. The highest BCUT2D eigenvalue weighted by molar-refractivity contribution is 9.10. The Morgan fingerprint density at radius 2 is 1.41 bits per heavy atom. The van der Waals surface area contributed by atoms with Crippen molar-refractivity contribution < 1.29 is 31.1 Å². The van der Waals surface area contributed by atoms with Crippen molar-refractivity contribution in [3.63, 3.8) is 0 Å². The van der Waals surface area contributed by atoms with Crippen molar-refractivity contribution in [3.8, 4) is 11.5 Å². The number of nitrogens with one attached hydrogen (secondary N) is 2. The Balaban J connectivity index is 1.57. The highest BCUT2D eigenvalue weighted by Crippen LogP contribution is 2.35. The zero-order valence-electron chi connectivity index (χ0n) is 21.9. The van der Waals surface area contributed by atoms with Gasteiger partial charge in [0.25, 0.3) is 20.0 Å². The van der Waals surface area contributed by atoms with Crippen LogP contribution in [-0.2, 0) is 24.8 Å². The molecule has 0 aliphatic heterocycles. The number of methoxy groups -OCH3 is 2. The van der Waals surface area contributed by atoms with Gasteiger partial charge in [-0.1, -0.05) is 34.1 Å². The van der Waals surface area contributed by atoms with E-state index >= 15 is 0 Å². The predicted molar refractivity (Wildman–Crippen MR) is 161 cm³/mol. The van der Waals surface area contributed by atoms with Crippen LogP contribution in [0, 0.1) is 0 Å². The second-order valence-corrected chi connectivity index (χ2v) is 13.0. The fraction of sp³-hybridized carbons (Fsp3) is 0.107. The Morgan fingerprint density at radius 1 is 0.780 bits per heavy atom. The quantitative estimate of drug-likeness (QED) is 0.229. The summed E-state index contributed by atoms with van der Waals surface area (Å²) in [6, 6.07) is 24.4. The van der Waals surface area contributed by atoms with Gasteiger partial charge < -0.3 is 14.8 Å². The summed E-state index contributed by atoms with van der Waals surface area (Å²) < 4.78 is 67.7. The van der Waals surface area contributed by atoms with E-state index in [1.54, 1.807) is 48.5 Å². The monoisotopic (exact) mass is 659 g/mol. The van der Waals surface area contributed by atoms with Crippen LogP contribution in [0.25, 0.3) is 0 Å². The zero-order valence-corrected chi connectivity index (χ0v) is 25.2. The summed E-state index contributed by atoms with van der Waals surface area (Å²) >= 11 is 3.30. The van der Waals surface area contributed by atoms with Crippen LogP contribution in [0.15, 0.2) is 111 Å². The van der Waals surface area contributed by atoms with Crippen LogP contribution in [0.4, 0.5) is 17.1 Å². The van der Waals surface area contributed by atoms with E-state index < -0.39 is 32.5 Å². The smallest absolute Gasteiger partial charge is 0.264 e. The summed E-state index contributed by atoms with van der Waals surface area (Å²) in [6.45, 7) is -0.592. The van der Waals surface area contributed by atoms with Gasteiger partial charge in [0.05, 0.1) is 29.7 Å². The largest absolute Gasteiger partial charge is 0.497 e. The van der Waals surface area contributed by atoms with Gasteiger partial charge in [-0.3, -0.25) is 13.8 Å². The van der Waals surface area contributed by atoms with E-state index in [0.29, 0.717) is 11.4 Å². The van der Waals surface area contributed by atoms with E-state index in [9.17, 15) is 21.6 Å². The Hall–Kier alpha value is -4.07. The van der Waals surface area contributed by atoms with E-state index in [0.717, 1.165) is 8.78 Å². The minimum Gasteiger partial charge on any atom is -0.497 e. The maximum Gasteiger partial charge on any atom is 0.264 e. The number of halogens is 1. The Labute approximate surface area is 247 Å². The van der Waals surface area contributed by atoms with Crippen LogP contribution < -0.4 is 23.8 Å². The second kappa shape index (κ2) is 12.6. The van der Waals surface area contributed by atoms with Gasteiger partial charge in [0, 0.05) is 21.9 Å². The van der Waals surface area contributed by atoms with Gasteiger partial charge in [-0.15, -0.1) is 0 Å². The lowest BCUT2D eigenvalue weighted by molar-refractivity contribution is -0.114. The van der Waals surface area contributed by atoms with E-state index in [4.69, 9.17) is 9.47 Å². The number of rotatable bonds is 11. The van der Waals surface area contributed by atoms with Crippen LogP contribution in [-0.4, -0.2) is 43.5 Å². The number of carbonyl (C=O) groups is 1. The summed E-state index contributed by atoms with van der Waals surface area (Å²) in [4.78, 5) is 13.1. The fourth-order valence-corrected chi connectivity index (χ4v) is 6.57. The molecular weight excluding hydrogens is 634 g/mol. The first-order chi connectivity index (χ1) is 19.5. The molecule has 0 bridgehead atoms. The molecule has 0 saturated heterocycles. The van der Waals surface area contributed by atoms with Crippen molar-refractivity contribution in [3.05, 3.63) is 102 Å². The number of hydrogen-bond acceptors (Lipinski definition) is 7. The molecule has 0 spiro atoms. The molecule has 0 atom stereocenters. The van der Waals surface area contributed by atoms with Crippen LogP contribution in [0.2, 0.25) is 0 Å². The predicted octanol–water partition coefficient (Wildman–Crippen LogP) is 5.10. The van der Waals surface area contributed by atoms with Crippen LogP contribution in [0.1, 0.15) is 0 Å². The first-order valence-electron chi connectivity index (χ1n) is 12.0. The SMILES string of the molecule is COc1ccc(N(CC(=O)Nc2ccc(S(=O)(=O)Nc3ccc(Br)cc3)cc2)S(=O)(=O)c2ccccc2)c(OC)c1. The number of nitrogens with zero attached hydrogens (tertiary/aromatic N) is 1. The topological polar surface area (TPSA) is 131 Å². The van der Waals surface area contributed by atoms with Gasteiger partial charge in [0.1, 0.15) is 18.0 Å². The summed E-state index contributed by atoms with van der Waals surface area (Å²) in [7, 11) is -5.22. The van der Waals surface area contributed by atoms with Crippen molar-refractivity contribution >= 4 is 58.9 Å². The maximum atomic E-state index is 13.6. The number of ether oxygens (including phenoxy) is 2. The van der Waals surface area contributed by atoms with Crippen molar-refractivity contribution in [2.45, 2.75) is 9.79 Å². The van der Waals surface area contributed by atoms with Gasteiger partial charge in [-0.2, -0.15) is 0 Å². The molecule has 4 aromatic carbocycles. The number of anilines is 3. The zero-order chi connectivity index (χ0) is 29.6. The Kier molecular flexibility index (Phi) is 9.21. The van der Waals surface area contributed by atoms with Crippen molar-refractivity contribution in [2.24, 2.45) is 0 Å². The number of benzene rings is 4. The van der Waals surface area contributed by atoms with Crippen molar-refractivity contribution in [1.82, 2.24) is 0 Å². The molecule has 0 fully saturated rings. The lowest BCUT2D eigenvalue weighted by Crippen LogP contribution is -2.38. The highest BCUT2D eigenvalue weighted by atomic mass is 79.9. The molecular formula is C28H26BrN3O7S2. The van der Waals surface area contributed by atoms with Crippen LogP contribution >= 0.6 is 15.9 Å². The molecule has 0 aliphatic rings. The first-order valence-corrected chi connectivity index (χ1v) is 15.7. The van der Waals surface area contributed by atoms with E-state index in [1.165, 1.54) is 62.8 Å². The third kappa shape index (κ3) is 7.17. The average molecular weight is 661 g/mol. The molecule has 1 amide bonds. The summed E-state index contributed by atoms with van der Waals surface area (Å²) in [5.74, 6) is -0.0350. The molecule has 2 N–H and O–H groups in total. The molecule has 4 rings (SSSR count). The summed E-state index contributed by atoms with van der Waals surface area (Å²) in [6.07, 6.45) is 0. The van der Waals surface area contributed by atoms with Gasteiger partial charge in [0.2, 0.25) is 5.91 Å². The molecule has 0 saturated carbocycles. The maximum absolute atomic E-state index is 13.6. The third-order valence-corrected chi connectivity index (χ3v) is 9.52. The lowest BCUT2D eigenvalue weighted by Gasteiger charge is -2.26. The summed E-state index contributed by atoms with van der Waals surface area (Å²) in [5, 5.41) is 2.63. The number of sulfonamides is 2. The number of hydrogen-bond donors (Lipinski definition) is 2. The Morgan fingerprint density at radius 3 is 2.02 bits per heavy atom. The fourth-order valence-electron chi connectivity index (χ4n) is 3.79. The van der Waals surface area contributed by atoms with E-state index in [1.807, 2.05) is 0 Å². The molecule has 0 aromatic heterocycles. The van der Waals surface area contributed by atoms with Gasteiger partial charge in [-0.05, 0) is 72.8 Å². The molecule has 4 aromatic rings. The summed E-state index contributed by atoms with van der Waals surface area (Å²) in [5.41, 5.74) is 0.795. The highest BCUT2D eigenvalue weighted by Gasteiger charge is 2.29. The van der Waals surface area contributed by atoms with Gasteiger partial charge >= 0.3 is 0 Å². The van der Waals surface area contributed by atoms with Crippen molar-refractivity contribution in [2.75, 3.05) is 35.1 Å². The third-order valence-electron chi connectivity index (χ3n) is 5.82. The first kappa shape index (κ1) is 29.9. The molecule has 0 heterocycles. The van der Waals surface area contributed by atoms with Crippen LogP contribution in [0.3, 0.4) is 0 Å². The molecule has 10 nitrogen and oxygen atoms in total. The molecule has 41 heavy (non-hydrogen) atoms. The molecule has 214 valence electrons. The van der Waals surface area contributed by atoms with Gasteiger partial charge in [-0.25, -0.2) is 16.8 Å². The second-order valence-electron chi connectivity index (χ2n) is 8.55. The lowest BCUT2D eigenvalue weighted by atomic mass is 10.2. The number of carbonyl (C=O) groups excluding carboxylic acids is 1. The molecule has 0 aliphatic carbocycles. The van der Waals surface area contributed by atoms with Crippen molar-refractivity contribution in [1.29, 1.82) is 0 Å². The number of amides is 1. The van der Waals surface area contributed by atoms with Crippen LogP contribution in [0.5, 0.6) is 11.5 Å². The normalized spacial score (nSPS) is 11.4. The molecule has 0 unspecified atom stereocenters. The average Bonchev–Trinajstić information content (AvgIpc) is 2.97. The minimum atomic E-state index is -4.19. The van der Waals surface area contributed by atoms with E-state index in [2.05, 4.69) is 26.0 Å². The molecule has 13 heteroatoms. The van der Waals surface area contributed by atoms with Gasteiger partial charge in [0.15, 0.2) is 0 Å². The standard InChI is InChI=1S/C28H26BrN3O7S2/c1-38-23-14-17-26(27(18-23)39-2)32(41(36,37)25-6-4-3-5-7-25)19-28(33)30-21-12-15-24(16-13-21)40(34,35)31-22-10-8-20(29)9-11-22/h3-18,31H,19H2,1-2H3,(H,30,33). The molecule has 0 radical (unpaired) electrons. The Bertz CT molecular complexity index is 1730.